The fraction of sp³-hybridized carbons (Fsp3) is 0.483. The van der Waals surface area contributed by atoms with Crippen molar-refractivity contribution in [2.45, 2.75) is 32.2 Å². The van der Waals surface area contributed by atoms with Gasteiger partial charge in [-0.15, -0.1) is 0 Å². The number of benzene rings is 2. The summed E-state index contributed by atoms with van der Waals surface area (Å²) in [7, 11) is 6.41. The molecule has 2 aliphatic heterocycles. The van der Waals surface area contributed by atoms with Crippen LogP contribution in [0.25, 0.3) is 0 Å². The van der Waals surface area contributed by atoms with Gasteiger partial charge in [0.15, 0.2) is 0 Å². The molecule has 0 N–H and O–H groups in total. The molecule has 2 aromatic rings. The Hall–Kier alpha value is -3.79. The van der Waals surface area contributed by atoms with Crippen molar-refractivity contribution in [3.63, 3.8) is 0 Å². The lowest BCUT2D eigenvalue weighted by molar-refractivity contribution is -0.149. The fourth-order valence-electron chi connectivity index (χ4n) is 5.13. The molecule has 39 heavy (non-hydrogen) atoms. The molecule has 10 nitrogen and oxygen atoms in total. The lowest BCUT2D eigenvalue weighted by atomic mass is 9.96. The lowest BCUT2D eigenvalue weighted by Crippen LogP contribution is -2.43. The number of hydrazone groups is 1. The van der Waals surface area contributed by atoms with E-state index in [-0.39, 0.29) is 24.3 Å². The third-order valence-electron chi connectivity index (χ3n) is 7.25. The summed E-state index contributed by atoms with van der Waals surface area (Å²) in [5.41, 5.74) is 2.31. The second-order valence-electron chi connectivity index (χ2n) is 9.48. The van der Waals surface area contributed by atoms with E-state index in [9.17, 15) is 9.59 Å². The minimum atomic E-state index is -0.401. The van der Waals surface area contributed by atoms with E-state index in [2.05, 4.69) is 4.90 Å². The third kappa shape index (κ3) is 6.27. The van der Waals surface area contributed by atoms with Crippen LogP contribution in [-0.2, 0) is 14.3 Å². The number of carbonyl (C=O) groups excluding carboxylic acids is 2. The molecule has 0 radical (unpaired) electrons. The van der Waals surface area contributed by atoms with Gasteiger partial charge >= 0.3 is 5.97 Å². The molecule has 0 aliphatic carbocycles. The van der Waals surface area contributed by atoms with Gasteiger partial charge in [-0.3, -0.25) is 14.5 Å². The van der Waals surface area contributed by atoms with Crippen molar-refractivity contribution in [1.82, 2.24) is 9.91 Å². The number of ether oxygens (including phenoxy) is 5. The van der Waals surface area contributed by atoms with Crippen LogP contribution in [0.3, 0.4) is 0 Å². The van der Waals surface area contributed by atoms with Crippen molar-refractivity contribution in [3.05, 3.63) is 47.5 Å². The Balaban J connectivity index is 1.61. The minimum absolute atomic E-state index is 0.121. The summed E-state index contributed by atoms with van der Waals surface area (Å²) in [4.78, 5) is 28.0. The first-order valence-electron chi connectivity index (χ1n) is 13.1. The average Bonchev–Trinajstić information content (AvgIpc) is 3.42. The number of amides is 1. The zero-order valence-corrected chi connectivity index (χ0v) is 23.3. The zero-order valence-electron chi connectivity index (χ0n) is 23.3. The van der Waals surface area contributed by atoms with Gasteiger partial charge < -0.3 is 23.7 Å². The van der Waals surface area contributed by atoms with Crippen LogP contribution in [0.4, 0.5) is 0 Å². The number of carbonyl (C=O) groups is 2. The largest absolute Gasteiger partial charge is 0.497 e. The number of piperidine rings is 1. The van der Waals surface area contributed by atoms with E-state index in [1.54, 1.807) is 39.5 Å². The molecule has 2 heterocycles. The number of methoxy groups -OCH3 is 4. The fourth-order valence-corrected chi connectivity index (χ4v) is 5.13. The summed E-state index contributed by atoms with van der Waals surface area (Å²) < 4.78 is 27.3. The number of hydrogen-bond donors (Lipinski definition) is 0. The molecule has 1 fully saturated rings. The lowest BCUT2D eigenvalue weighted by Gasteiger charge is -2.32. The predicted molar refractivity (Wildman–Crippen MR) is 146 cm³/mol. The van der Waals surface area contributed by atoms with Crippen LogP contribution in [-0.4, -0.2) is 82.2 Å². The first-order valence-corrected chi connectivity index (χ1v) is 13.1. The van der Waals surface area contributed by atoms with Crippen LogP contribution in [0.5, 0.6) is 23.0 Å². The summed E-state index contributed by atoms with van der Waals surface area (Å²) >= 11 is 0. The van der Waals surface area contributed by atoms with Crippen molar-refractivity contribution < 1.29 is 33.3 Å². The third-order valence-corrected chi connectivity index (χ3v) is 7.25. The molecule has 1 saturated heterocycles. The standard InChI is InChI=1S/C29H37N3O7/c1-6-39-29(34)19-11-13-31(14-12-19)18-28(33)32-25(23-15-20(35-2)8-10-26(23)37-4)17-24(30-32)22-9-7-21(36-3)16-27(22)38-5/h7-10,15-16,19,25H,6,11-14,17-18H2,1-5H3/t25-/m0/s1. The van der Waals surface area contributed by atoms with Crippen LogP contribution >= 0.6 is 0 Å². The van der Waals surface area contributed by atoms with E-state index in [4.69, 9.17) is 28.8 Å². The van der Waals surface area contributed by atoms with Crippen LogP contribution in [0.1, 0.15) is 43.4 Å². The number of nitrogens with zero attached hydrogens (tertiary/aromatic N) is 3. The molecule has 4 rings (SSSR count). The Morgan fingerprint density at radius 2 is 1.56 bits per heavy atom. The number of hydrogen-bond acceptors (Lipinski definition) is 9. The highest BCUT2D eigenvalue weighted by Crippen LogP contribution is 2.41. The van der Waals surface area contributed by atoms with Crippen LogP contribution in [0, 0.1) is 5.92 Å². The van der Waals surface area contributed by atoms with Gasteiger partial charge in [0, 0.05) is 23.6 Å². The van der Waals surface area contributed by atoms with Gasteiger partial charge in [-0.1, -0.05) is 0 Å². The zero-order chi connectivity index (χ0) is 27.9. The van der Waals surface area contributed by atoms with Gasteiger partial charge in [-0.25, -0.2) is 5.01 Å². The highest BCUT2D eigenvalue weighted by atomic mass is 16.5. The molecular weight excluding hydrogens is 502 g/mol. The molecule has 10 heteroatoms. The second kappa shape index (κ2) is 12.8. The predicted octanol–water partition coefficient (Wildman–Crippen LogP) is 3.67. The summed E-state index contributed by atoms with van der Waals surface area (Å²) in [5, 5.41) is 6.38. The van der Waals surface area contributed by atoms with Crippen LogP contribution in [0.2, 0.25) is 0 Å². The Bertz CT molecular complexity index is 1210. The normalized spacial score (nSPS) is 17.9. The maximum atomic E-state index is 13.8. The monoisotopic (exact) mass is 539 g/mol. The first kappa shape index (κ1) is 28.2. The van der Waals surface area contributed by atoms with Crippen molar-refractivity contribution in [1.29, 1.82) is 0 Å². The maximum absolute atomic E-state index is 13.8. The summed E-state index contributed by atoms with van der Waals surface area (Å²) in [6.45, 7) is 3.65. The van der Waals surface area contributed by atoms with E-state index < -0.39 is 6.04 Å². The molecule has 0 unspecified atom stereocenters. The molecule has 0 bridgehead atoms. The van der Waals surface area contributed by atoms with E-state index in [0.29, 0.717) is 62.0 Å². The number of esters is 1. The Kier molecular flexibility index (Phi) is 9.29. The number of likely N-dealkylation sites (tertiary alicyclic amines) is 1. The van der Waals surface area contributed by atoms with Crippen LogP contribution < -0.4 is 18.9 Å². The van der Waals surface area contributed by atoms with Crippen molar-refractivity contribution in [2.24, 2.45) is 11.0 Å². The van der Waals surface area contributed by atoms with Crippen molar-refractivity contribution in [2.75, 3.05) is 54.7 Å². The van der Waals surface area contributed by atoms with Gasteiger partial charge in [-0.2, -0.15) is 5.10 Å². The molecule has 1 atom stereocenters. The SMILES string of the molecule is CCOC(=O)C1CCN(CC(=O)N2N=C(c3ccc(OC)cc3OC)C[C@H]2c2cc(OC)ccc2OC)CC1. The molecule has 2 aromatic carbocycles. The average molecular weight is 540 g/mol. The smallest absolute Gasteiger partial charge is 0.309 e. The molecule has 2 aliphatic rings. The van der Waals surface area contributed by atoms with Crippen molar-refractivity contribution in [3.8, 4) is 23.0 Å². The van der Waals surface area contributed by atoms with Gasteiger partial charge in [0.25, 0.3) is 5.91 Å². The van der Waals surface area contributed by atoms with E-state index in [1.807, 2.05) is 37.3 Å². The topological polar surface area (TPSA) is 99.1 Å². The quantitative estimate of drug-likeness (QED) is 0.422. The summed E-state index contributed by atoms with van der Waals surface area (Å²) in [6, 6.07) is 10.7. The van der Waals surface area contributed by atoms with E-state index >= 15 is 0 Å². The number of rotatable bonds is 10. The Labute approximate surface area is 229 Å². The van der Waals surface area contributed by atoms with E-state index in [1.165, 1.54) is 0 Å². The molecule has 1 amide bonds. The molecule has 0 aromatic heterocycles. The highest BCUT2D eigenvalue weighted by Gasteiger charge is 2.37. The van der Waals surface area contributed by atoms with Gasteiger partial charge in [0.05, 0.1) is 59.3 Å². The highest BCUT2D eigenvalue weighted by molar-refractivity contribution is 6.05. The summed E-state index contributed by atoms with van der Waals surface area (Å²) in [6.07, 6.45) is 1.79. The first-order chi connectivity index (χ1) is 18.9. The molecular formula is C29H37N3O7. The molecule has 0 saturated carbocycles. The molecule has 210 valence electrons. The van der Waals surface area contributed by atoms with Gasteiger partial charge in [0.2, 0.25) is 0 Å². The van der Waals surface area contributed by atoms with Crippen LogP contribution in [0.15, 0.2) is 41.5 Å². The second-order valence-corrected chi connectivity index (χ2v) is 9.48. The Morgan fingerprint density at radius 1 is 0.897 bits per heavy atom. The van der Waals surface area contributed by atoms with Gasteiger partial charge in [0.1, 0.15) is 23.0 Å². The maximum Gasteiger partial charge on any atom is 0.309 e. The Morgan fingerprint density at radius 3 is 2.21 bits per heavy atom. The summed E-state index contributed by atoms with van der Waals surface area (Å²) in [5.74, 6) is 2.17. The van der Waals surface area contributed by atoms with Gasteiger partial charge in [-0.05, 0) is 63.2 Å². The molecule has 0 spiro atoms. The van der Waals surface area contributed by atoms with E-state index in [0.717, 1.165) is 16.8 Å². The van der Waals surface area contributed by atoms with Crippen molar-refractivity contribution >= 4 is 17.6 Å². The minimum Gasteiger partial charge on any atom is -0.497 e.